The minimum absolute atomic E-state index is 0.0735. The smallest absolute Gasteiger partial charge is 0.334 e. The zero-order valence-corrected chi connectivity index (χ0v) is 20.1. The van der Waals surface area contributed by atoms with E-state index in [2.05, 4.69) is 0 Å². The molecule has 1 aliphatic carbocycles. The molecule has 0 radical (unpaired) electrons. The van der Waals surface area contributed by atoms with Crippen molar-refractivity contribution in [1.29, 1.82) is 0 Å². The summed E-state index contributed by atoms with van der Waals surface area (Å²) in [5.74, 6) is -3.65. The molecule has 11 heteroatoms. The number of halogens is 3. The normalized spacial score (nSPS) is 13.7. The molecule has 1 heterocycles. The van der Waals surface area contributed by atoms with Gasteiger partial charge in [0.25, 0.3) is 5.91 Å². The summed E-state index contributed by atoms with van der Waals surface area (Å²) in [6.45, 7) is 3.79. The lowest BCUT2D eigenvalue weighted by molar-refractivity contribution is -0.142. The van der Waals surface area contributed by atoms with Gasteiger partial charge in [0, 0.05) is 16.0 Å². The predicted molar refractivity (Wildman–Crippen MR) is 120 cm³/mol. The molecule has 0 atom stereocenters. The van der Waals surface area contributed by atoms with E-state index in [1.54, 1.807) is 6.92 Å². The van der Waals surface area contributed by atoms with Gasteiger partial charge in [0.2, 0.25) is 11.0 Å². The van der Waals surface area contributed by atoms with Crippen LogP contribution >= 0.6 is 34.5 Å². The third-order valence-corrected chi connectivity index (χ3v) is 6.38. The number of amides is 2. The van der Waals surface area contributed by atoms with Crippen molar-refractivity contribution < 1.29 is 33.0 Å². The van der Waals surface area contributed by atoms with Crippen LogP contribution in [0.4, 0.5) is 10.1 Å². The maximum absolute atomic E-state index is 14.9. The molecule has 0 saturated carbocycles. The Morgan fingerprint density at radius 1 is 1.09 bits per heavy atom. The van der Waals surface area contributed by atoms with Crippen LogP contribution in [0.5, 0.6) is 0 Å². The average molecular weight is 508 g/mol. The van der Waals surface area contributed by atoms with Gasteiger partial charge in [-0.25, -0.2) is 9.69 Å². The molecule has 0 bridgehead atoms. The number of hydrogen-bond acceptors (Lipinski definition) is 7. The molecule has 1 aliphatic rings. The number of alkyl halides is 1. The molecule has 0 aromatic carbocycles. The van der Waals surface area contributed by atoms with Gasteiger partial charge in [0.05, 0.1) is 24.7 Å². The second-order valence-corrected chi connectivity index (χ2v) is 8.61. The van der Waals surface area contributed by atoms with E-state index in [-0.39, 0.29) is 47.1 Å². The van der Waals surface area contributed by atoms with Crippen LogP contribution in [0.15, 0.2) is 11.1 Å². The minimum Gasteiger partial charge on any atom is -0.466 e. The summed E-state index contributed by atoms with van der Waals surface area (Å²) in [4.78, 5) is 51.0. The third kappa shape index (κ3) is 6.08. The predicted octanol–water partition coefficient (Wildman–Crippen LogP) is 4.57. The molecule has 0 saturated heterocycles. The molecule has 1 aromatic heterocycles. The molecule has 0 aliphatic heterocycles. The standard InChI is InChI=1S/C21H24Cl2FNO6S/c1-3-9-31-21(29)13-8-6-5-7-12(13)20(28)25(15(26)11-22)18-17(23)14(32-19(18)24)10-16(27)30-4-2/h3-11H2,1-2H3. The lowest BCUT2D eigenvalue weighted by Gasteiger charge is -2.25. The summed E-state index contributed by atoms with van der Waals surface area (Å²) in [6, 6.07) is 0. The average Bonchev–Trinajstić information content (AvgIpc) is 3.05. The van der Waals surface area contributed by atoms with Crippen molar-refractivity contribution in [2.75, 3.05) is 24.0 Å². The number of imide groups is 1. The molecule has 2 rings (SSSR count). The van der Waals surface area contributed by atoms with Crippen molar-refractivity contribution in [3.8, 4) is 0 Å². The van der Waals surface area contributed by atoms with Crippen molar-refractivity contribution in [1.82, 2.24) is 0 Å². The van der Waals surface area contributed by atoms with E-state index >= 15 is 0 Å². The van der Waals surface area contributed by atoms with E-state index in [1.165, 1.54) is 0 Å². The number of carbonyl (C=O) groups is 4. The van der Waals surface area contributed by atoms with Crippen molar-refractivity contribution >= 4 is 64.0 Å². The van der Waals surface area contributed by atoms with Crippen LogP contribution in [0.1, 0.15) is 50.8 Å². The van der Waals surface area contributed by atoms with Gasteiger partial charge in [-0.05, 0) is 39.0 Å². The molecule has 0 spiro atoms. The topological polar surface area (TPSA) is 90.0 Å². The van der Waals surface area contributed by atoms with Gasteiger partial charge in [0.1, 0.15) is 11.6 Å². The maximum atomic E-state index is 14.9. The highest BCUT2D eigenvalue weighted by Gasteiger charge is 2.36. The molecular weight excluding hydrogens is 484 g/mol. The first-order valence-corrected chi connectivity index (χ1v) is 11.9. The van der Waals surface area contributed by atoms with E-state index in [9.17, 15) is 23.6 Å². The number of rotatable bonds is 9. The van der Waals surface area contributed by atoms with Crippen molar-refractivity contribution in [3.05, 3.63) is 26.2 Å². The number of anilines is 1. The Bertz CT molecular complexity index is 930. The third-order valence-electron chi connectivity index (χ3n) is 4.66. The molecule has 7 nitrogen and oxygen atoms in total. The van der Waals surface area contributed by atoms with E-state index in [4.69, 9.17) is 32.7 Å². The number of carbonyl (C=O) groups excluding carboxylic acids is 4. The quantitative estimate of drug-likeness (QED) is 0.359. The van der Waals surface area contributed by atoms with Gasteiger partial charge in [-0.1, -0.05) is 18.5 Å². The van der Waals surface area contributed by atoms with Gasteiger partial charge in [-0.2, -0.15) is 4.39 Å². The van der Waals surface area contributed by atoms with Crippen LogP contribution in [-0.2, 0) is 35.1 Å². The lowest BCUT2D eigenvalue weighted by Crippen LogP contribution is -2.40. The zero-order chi connectivity index (χ0) is 23.8. The van der Waals surface area contributed by atoms with E-state index in [0.29, 0.717) is 41.9 Å². The summed E-state index contributed by atoms with van der Waals surface area (Å²) in [6.07, 6.45) is 2.11. The van der Waals surface area contributed by atoms with Gasteiger partial charge >= 0.3 is 11.9 Å². The van der Waals surface area contributed by atoms with Crippen LogP contribution in [0.2, 0.25) is 5.02 Å². The number of esters is 2. The molecule has 0 unspecified atom stereocenters. The summed E-state index contributed by atoms with van der Waals surface area (Å²) in [5, 5.41) is -1.17. The molecule has 0 N–H and O–H groups in total. The first kappa shape index (κ1) is 26.3. The SMILES string of the molecule is CCCOC(=O)C1=C(C(=O)N(C(=O)CCl)c2c(F)sc(CC(=O)OCC)c2Cl)CCCC1. The van der Waals surface area contributed by atoms with E-state index in [0.717, 1.165) is 0 Å². The van der Waals surface area contributed by atoms with Crippen molar-refractivity contribution in [2.24, 2.45) is 0 Å². The number of hydrogen-bond donors (Lipinski definition) is 0. The molecule has 0 fully saturated rings. The molecule has 2 amide bonds. The fourth-order valence-corrected chi connectivity index (χ4v) is 4.65. The maximum Gasteiger partial charge on any atom is 0.334 e. The summed E-state index contributed by atoms with van der Waals surface area (Å²) in [7, 11) is 0. The van der Waals surface area contributed by atoms with E-state index < -0.39 is 40.5 Å². The largest absolute Gasteiger partial charge is 0.466 e. The fourth-order valence-electron chi connectivity index (χ4n) is 3.25. The summed E-state index contributed by atoms with van der Waals surface area (Å²) >= 11 is 12.5. The minimum atomic E-state index is -0.923. The highest BCUT2D eigenvalue weighted by atomic mass is 35.5. The fraction of sp³-hybridized carbons (Fsp3) is 0.524. The Morgan fingerprint density at radius 2 is 1.75 bits per heavy atom. The van der Waals surface area contributed by atoms with Crippen LogP contribution in [0, 0.1) is 5.13 Å². The van der Waals surface area contributed by atoms with Gasteiger partial charge in [-0.15, -0.1) is 22.9 Å². The Morgan fingerprint density at radius 3 is 2.34 bits per heavy atom. The van der Waals surface area contributed by atoms with Crippen LogP contribution in [-0.4, -0.2) is 42.8 Å². The van der Waals surface area contributed by atoms with Crippen molar-refractivity contribution in [3.63, 3.8) is 0 Å². The number of ether oxygens (including phenoxy) is 2. The Labute approximate surface area is 199 Å². The molecular formula is C21H24Cl2FNO6S. The van der Waals surface area contributed by atoms with Gasteiger partial charge in [0.15, 0.2) is 0 Å². The summed E-state index contributed by atoms with van der Waals surface area (Å²) in [5.41, 5.74) is -0.240. The van der Waals surface area contributed by atoms with Gasteiger partial charge in [-0.3, -0.25) is 14.4 Å². The second kappa shape index (κ2) is 12.3. The molecule has 1 aromatic rings. The number of nitrogens with zero attached hydrogens (tertiary/aromatic N) is 1. The zero-order valence-electron chi connectivity index (χ0n) is 17.8. The van der Waals surface area contributed by atoms with Crippen LogP contribution in [0.3, 0.4) is 0 Å². The highest BCUT2D eigenvalue weighted by molar-refractivity contribution is 7.11. The van der Waals surface area contributed by atoms with Crippen molar-refractivity contribution in [2.45, 2.75) is 52.4 Å². The second-order valence-electron chi connectivity index (χ2n) is 6.91. The highest BCUT2D eigenvalue weighted by Crippen LogP contribution is 2.41. The Kier molecular flexibility index (Phi) is 10.1. The molecule has 176 valence electrons. The van der Waals surface area contributed by atoms with E-state index in [1.807, 2.05) is 6.92 Å². The van der Waals surface area contributed by atoms with Gasteiger partial charge < -0.3 is 9.47 Å². The van der Waals surface area contributed by atoms with Crippen LogP contribution < -0.4 is 4.90 Å². The summed E-state index contributed by atoms with van der Waals surface area (Å²) < 4.78 is 24.9. The Hall–Kier alpha value is -1.97. The Balaban J connectivity index is 2.50. The molecule has 32 heavy (non-hydrogen) atoms. The first-order chi connectivity index (χ1) is 15.3. The van der Waals surface area contributed by atoms with Crippen LogP contribution in [0.25, 0.3) is 0 Å². The monoisotopic (exact) mass is 507 g/mol. The lowest BCUT2D eigenvalue weighted by atomic mass is 9.90. The first-order valence-electron chi connectivity index (χ1n) is 10.2. The number of thiophene rings is 1.